The van der Waals surface area contributed by atoms with Crippen LogP contribution in [-0.2, 0) is 11.3 Å². The molecule has 0 fully saturated rings. The second-order valence-electron chi connectivity index (χ2n) is 7.28. The summed E-state index contributed by atoms with van der Waals surface area (Å²) in [7, 11) is 0. The molecule has 3 aromatic rings. The fourth-order valence-electron chi connectivity index (χ4n) is 3.30. The van der Waals surface area contributed by atoms with Crippen LogP contribution in [0.1, 0.15) is 36.0 Å². The highest BCUT2D eigenvalue weighted by atomic mass is 16.2. The van der Waals surface area contributed by atoms with E-state index in [-0.39, 0.29) is 5.91 Å². The Bertz CT molecular complexity index is 946. The van der Waals surface area contributed by atoms with Gasteiger partial charge in [-0.3, -0.25) is 9.69 Å². The fourth-order valence-corrected chi connectivity index (χ4v) is 3.30. The molecule has 3 rings (SSSR count). The Balaban J connectivity index is 1.74. The third-order valence-electron chi connectivity index (χ3n) is 4.41. The van der Waals surface area contributed by atoms with Crippen molar-refractivity contribution in [3.63, 3.8) is 0 Å². The number of benzene rings is 1. The lowest BCUT2D eigenvalue weighted by Gasteiger charge is -2.21. The summed E-state index contributed by atoms with van der Waals surface area (Å²) in [6.07, 6.45) is 0.980. The van der Waals surface area contributed by atoms with Crippen LogP contribution in [-0.4, -0.2) is 43.6 Å². The van der Waals surface area contributed by atoms with Crippen LogP contribution in [0.25, 0.3) is 5.95 Å². The summed E-state index contributed by atoms with van der Waals surface area (Å²) >= 11 is 0. The minimum Gasteiger partial charge on any atom is -0.309 e. The molecule has 0 saturated heterocycles. The summed E-state index contributed by atoms with van der Waals surface area (Å²) in [6, 6.07) is 13.9. The van der Waals surface area contributed by atoms with Crippen molar-refractivity contribution in [2.45, 2.75) is 40.7 Å². The summed E-state index contributed by atoms with van der Waals surface area (Å²) < 4.78 is 1.59. The van der Waals surface area contributed by atoms with Crippen molar-refractivity contribution in [3.8, 4) is 5.95 Å². The van der Waals surface area contributed by atoms with Gasteiger partial charge in [0.05, 0.1) is 12.2 Å². The maximum absolute atomic E-state index is 12.8. The lowest BCUT2D eigenvalue weighted by Crippen LogP contribution is -2.34. The molecule has 0 bridgehead atoms. The SMILES string of the molecule is CCCN(CC(=O)Nc1cc(C)nn1-c1nc(C)cc(C)n1)Cc1ccccc1. The number of carbonyl (C=O) groups excluding carboxylic acids is 1. The lowest BCUT2D eigenvalue weighted by atomic mass is 10.2. The van der Waals surface area contributed by atoms with Gasteiger partial charge in [-0.1, -0.05) is 37.3 Å². The van der Waals surface area contributed by atoms with E-state index in [1.165, 1.54) is 5.56 Å². The molecule has 29 heavy (non-hydrogen) atoms. The van der Waals surface area contributed by atoms with E-state index >= 15 is 0 Å². The van der Waals surface area contributed by atoms with Gasteiger partial charge in [-0.15, -0.1) is 0 Å². The molecular formula is C22H28N6O. The summed E-state index contributed by atoms with van der Waals surface area (Å²) in [5.41, 5.74) is 3.70. The van der Waals surface area contributed by atoms with E-state index in [0.717, 1.165) is 36.6 Å². The smallest absolute Gasteiger partial charge is 0.252 e. The van der Waals surface area contributed by atoms with Gasteiger partial charge in [-0.05, 0) is 45.4 Å². The molecule has 0 saturated carbocycles. The standard InChI is InChI=1S/C22H28N6O/c1-5-11-27(14-19-9-7-6-8-10-19)15-21(29)25-20-13-18(4)26-28(20)22-23-16(2)12-17(3)24-22/h6-10,12-13H,5,11,14-15H2,1-4H3,(H,25,29). The zero-order valence-corrected chi connectivity index (χ0v) is 17.5. The average Bonchev–Trinajstić information content (AvgIpc) is 3.02. The second kappa shape index (κ2) is 9.43. The zero-order valence-electron chi connectivity index (χ0n) is 17.5. The average molecular weight is 393 g/mol. The van der Waals surface area contributed by atoms with Crippen LogP contribution in [0.5, 0.6) is 0 Å². The molecule has 0 atom stereocenters. The molecule has 7 heteroatoms. The molecule has 1 N–H and O–H groups in total. The fraction of sp³-hybridized carbons (Fsp3) is 0.364. The first-order valence-corrected chi connectivity index (χ1v) is 9.90. The number of carbonyl (C=O) groups is 1. The molecule has 1 amide bonds. The van der Waals surface area contributed by atoms with E-state index in [4.69, 9.17) is 0 Å². The Labute approximate surface area is 171 Å². The normalized spacial score (nSPS) is 11.1. The van der Waals surface area contributed by atoms with E-state index in [0.29, 0.717) is 18.3 Å². The van der Waals surface area contributed by atoms with E-state index < -0.39 is 0 Å². The largest absolute Gasteiger partial charge is 0.309 e. The highest BCUT2D eigenvalue weighted by Gasteiger charge is 2.16. The number of nitrogens with zero attached hydrogens (tertiary/aromatic N) is 5. The van der Waals surface area contributed by atoms with Crippen molar-refractivity contribution in [1.82, 2.24) is 24.6 Å². The van der Waals surface area contributed by atoms with Crippen LogP contribution in [0.15, 0.2) is 42.5 Å². The van der Waals surface area contributed by atoms with Gasteiger partial charge in [0.1, 0.15) is 5.82 Å². The predicted molar refractivity (Wildman–Crippen MR) is 114 cm³/mol. The van der Waals surface area contributed by atoms with Gasteiger partial charge in [-0.2, -0.15) is 9.78 Å². The van der Waals surface area contributed by atoms with Gasteiger partial charge < -0.3 is 5.32 Å². The molecule has 0 spiro atoms. The van der Waals surface area contributed by atoms with Gasteiger partial charge in [0.15, 0.2) is 0 Å². The molecule has 152 valence electrons. The Hall–Kier alpha value is -3.06. The van der Waals surface area contributed by atoms with Crippen molar-refractivity contribution in [2.24, 2.45) is 0 Å². The van der Waals surface area contributed by atoms with Gasteiger partial charge in [0, 0.05) is 24.0 Å². The number of rotatable bonds is 8. The molecular weight excluding hydrogens is 364 g/mol. The second-order valence-corrected chi connectivity index (χ2v) is 7.28. The molecule has 0 radical (unpaired) electrons. The number of aromatic nitrogens is 4. The highest BCUT2D eigenvalue weighted by Crippen LogP contribution is 2.15. The molecule has 7 nitrogen and oxygen atoms in total. The van der Waals surface area contributed by atoms with Crippen molar-refractivity contribution >= 4 is 11.7 Å². The van der Waals surface area contributed by atoms with Crippen LogP contribution < -0.4 is 5.32 Å². The first-order valence-electron chi connectivity index (χ1n) is 9.90. The van der Waals surface area contributed by atoms with Crippen LogP contribution in [0.4, 0.5) is 5.82 Å². The third-order valence-corrected chi connectivity index (χ3v) is 4.41. The van der Waals surface area contributed by atoms with Gasteiger partial charge in [-0.25, -0.2) is 9.97 Å². The number of amides is 1. The topological polar surface area (TPSA) is 75.9 Å². The third kappa shape index (κ3) is 5.71. The molecule has 0 aliphatic heterocycles. The summed E-state index contributed by atoms with van der Waals surface area (Å²) in [6.45, 7) is 9.72. The molecule has 0 aliphatic rings. The monoisotopic (exact) mass is 392 g/mol. The first-order chi connectivity index (χ1) is 13.9. The van der Waals surface area contributed by atoms with Crippen molar-refractivity contribution < 1.29 is 4.79 Å². The van der Waals surface area contributed by atoms with Crippen LogP contribution in [0.3, 0.4) is 0 Å². The number of hydrogen-bond acceptors (Lipinski definition) is 5. The molecule has 2 aromatic heterocycles. The maximum Gasteiger partial charge on any atom is 0.252 e. The number of hydrogen-bond donors (Lipinski definition) is 1. The van der Waals surface area contributed by atoms with E-state index in [9.17, 15) is 4.79 Å². The zero-order chi connectivity index (χ0) is 20.8. The number of nitrogens with one attached hydrogen (secondary N) is 1. The Morgan fingerprint density at radius 3 is 2.38 bits per heavy atom. The quantitative estimate of drug-likeness (QED) is 0.635. The number of aryl methyl sites for hydroxylation is 3. The minimum absolute atomic E-state index is 0.0834. The van der Waals surface area contributed by atoms with Crippen LogP contribution in [0, 0.1) is 20.8 Å². The molecule has 1 aromatic carbocycles. The van der Waals surface area contributed by atoms with Crippen molar-refractivity contribution in [2.75, 3.05) is 18.4 Å². The predicted octanol–water partition coefficient (Wildman–Crippen LogP) is 3.44. The molecule has 0 unspecified atom stereocenters. The Kier molecular flexibility index (Phi) is 6.72. The van der Waals surface area contributed by atoms with Crippen LogP contribution >= 0.6 is 0 Å². The van der Waals surface area contributed by atoms with Gasteiger partial charge in [0.25, 0.3) is 5.95 Å². The molecule has 2 heterocycles. The van der Waals surface area contributed by atoms with E-state index in [1.54, 1.807) is 4.68 Å². The van der Waals surface area contributed by atoms with Crippen molar-refractivity contribution in [3.05, 3.63) is 65.1 Å². The lowest BCUT2D eigenvalue weighted by molar-refractivity contribution is -0.117. The summed E-state index contributed by atoms with van der Waals surface area (Å²) in [5, 5.41) is 7.45. The van der Waals surface area contributed by atoms with Crippen molar-refractivity contribution in [1.29, 1.82) is 0 Å². The number of anilines is 1. The Morgan fingerprint density at radius 2 is 1.72 bits per heavy atom. The summed E-state index contributed by atoms with van der Waals surface area (Å²) in [4.78, 5) is 23.8. The van der Waals surface area contributed by atoms with Gasteiger partial charge >= 0.3 is 0 Å². The Morgan fingerprint density at radius 1 is 1.03 bits per heavy atom. The van der Waals surface area contributed by atoms with Crippen LogP contribution in [0.2, 0.25) is 0 Å². The van der Waals surface area contributed by atoms with Gasteiger partial charge in [0.2, 0.25) is 5.91 Å². The highest BCUT2D eigenvalue weighted by molar-refractivity contribution is 5.91. The van der Waals surface area contributed by atoms with E-state index in [2.05, 4.69) is 44.3 Å². The maximum atomic E-state index is 12.8. The minimum atomic E-state index is -0.0834. The first kappa shape index (κ1) is 20.7. The van der Waals surface area contributed by atoms with E-state index in [1.807, 2.05) is 51.1 Å². The molecule has 0 aliphatic carbocycles. The summed E-state index contributed by atoms with van der Waals surface area (Å²) in [5.74, 6) is 0.953.